The summed E-state index contributed by atoms with van der Waals surface area (Å²) < 4.78 is 10.5. The zero-order chi connectivity index (χ0) is 15.1. The van der Waals surface area contributed by atoms with E-state index in [1.807, 2.05) is 0 Å². The average Bonchev–Trinajstić information content (AvgIpc) is 2.76. The Morgan fingerprint density at radius 1 is 0.952 bits per heavy atom. The average molecular weight is 290 g/mol. The summed E-state index contributed by atoms with van der Waals surface area (Å²) in [5.74, 6) is -0.682. The molecule has 114 valence electrons. The normalized spacial score (nSPS) is 16.0. The zero-order valence-electron chi connectivity index (χ0n) is 12.5. The highest BCUT2D eigenvalue weighted by molar-refractivity contribution is 5.93. The van der Waals surface area contributed by atoms with Crippen LogP contribution >= 0.6 is 0 Å². The monoisotopic (exact) mass is 290 g/mol. The van der Waals surface area contributed by atoms with Crippen LogP contribution in [0.15, 0.2) is 24.3 Å². The lowest BCUT2D eigenvalue weighted by molar-refractivity contribution is 0.0266. The van der Waals surface area contributed by atoms with Gasteiger partial charge in [-0.1, -0.05) is 12.8 Å². The van der Waals surface area contributed by atoms with E-state index in [1.165, 1.54) is 12.8 Å². The molecule has 0 saturated heterocycles. The van der Waals surface area contributed by atoms with Crippen LogP contribution in [0.4, 0.5) is 0 Å². The number of ether oxygens (including phenoxy) is 2. The van der Waals surface area contributed by atoms with E-state index in [4.69, 9.17) is 9.47 Å². The predicted octanol–water partition coefficient (Wildman–Crippen LogP) is 3.74. The van der Waals surface area contributed by atoms with Crippen molar-refractivity contribution >= 4 is 11.9 Å². The Morgan fingerprint density at radius 2 is 1.48 bits per heavy atom. The number of carbonyl (C=O) groups is 2. The van der Waals surface area contributed by atoms with Crippen molar-refractivity contribution in [2.75, 3.05) is 6.61 Å². The van der Waals surface area contributed by atoms with Crippen LogP contribution in [-0.4, -0.2) is 24.6 Å². The molecule has 0 amide bonds. The first-order valence-corrected chi connectivity index (χ1v) is 7.69. The summed E-state index contributed by atoms with van der Waals surface area (Å²) in [6.07, 6.45) is 6.63. The molecule has 1 aliphatic carbocycles. The standard InChI is InChI=1S/C17H22O4/c1-2-20-16(18)13-9-11-14(12-10-13)17(19)21-15-7-5-3-4-6-8-15/h9-12,15H,2-8H2,1H3. The van der Waals surface area contributed by atoms with Crippen LogP contribution in [0.25, 0.3) is 0 Å². The van der Waals surface area contributed by atoms with Crippen molar-refractivity contribution in [3.63, 3.8) is 0 Å². The van der Waals surface area contributed by atoms with Crippen molar-refractivity contribution < 1.29 is 19.1 Å². The summed E-state index contributed by atoms with van der Waals surface area (Å²) in [6.45, 7) is 2.10. The third-order valence-electron chi connectivity index (χ3n) is 3.71. The second-order valence-corrected chi connectivity index (χ2v) is 5.32. The molecule has 4 nitrogen and oxygen atoms in total. The first-order valence-electron chi connectivity index (χ1n) is 7.69. The first kappa shape index (κ1) is 15.5. The van der Waals surface area contributed by atoms with Gasteiger partial charge < -0.3 is 9.47 Å². The van der Waals surface area contributed by atoms with Crippen molar-refractivity contribution in [2.45, 2.75) is 51.6 Å². The highest BCUT2D eigenvalue weighted by Crippen LogP contribution is 2.21. The molecule has 0 heterocycles. The zero-order valence-corrected chi connectivity index (χ0v) is 12.5. The number of rotatable bonds is 4. The van der Waals surface area contributed by atoms with Crippen LogP contribution in [0, 0.1) is 0 Å². The fraction of sp³-hybridized carbons (Fsp3) is 0.529. The van der Waals surface area contributed by atoms with Crippen LogP contribution in [-0.2, 0) is 9.47 Å². The SMILES string of the molecule is CCOC(=O)c1ccc(C(=O)OC2CCCCCC2)cc1. The number of hydrogen-bond donors (Lipinski definition) is 0. The minimum absolute atomic E-state index is 0.0322. The molecule has 1 saturated carbocycles. The molecule has 4 heteroatoms. The molecule has 0 spiro atoms. The summed E-state index contributed by atoms with van der Waals surface area (Å²) in [6, 6.07) is 6.43. The van der Waals surface area contributed by atoms with E-state index in [-0.39, 0.29) is 18.0 Å². The third-order valence-corrected chi connectivity index (χ3v) is 3.71. The smallest absolute Gasteiger partial charge is 0.338 e. The minimum Gasteiger partial charge on any atom is -0.462 e. The summed E-state index contributed by atoms with van der Waals surface area (Å²) in [5.41, 5.74) is 0.926. The Morgan fingerprint density at radius 3 is 2.00 bits per heavy atom. The van der Waals surface area contributed by atoms with Crippen LogP contribution in [0.2, 0.25) is 0 Å². The Labute approximate surface area is 125 Å². The largest absolute Gasteiger partial charge is 0.462 e. The lowest BCUT2D eigenvalue weighted by Gasteiger charge is -2.15. The van der Waals surface area contributed by atoms with Crippen LogP contribution in [0.3, 0.4) is 0 Å². The van der Waals surface area contributed by atoms with E-state index in [9.17, 15) is 9.59 Å². The maximum absolute atomic E-state index is 12.1. The lowest BCUT2D eigenvalue weighted by Crippen LogP contribution is -2.17. The fourth-order valence-corrected chi connectivity index (χ4v) is 2.54. The van der Waals surface area contributed by atoms with Gasteiger partial charge in [0.05, 0.1) is 17.7 Å². The van der Waals surface area contributed by atoms with Gasteiger partial charge in [-0.3, -0.25) is 0 Å². The second kappa shape index (κ2) is 7.81. The van der Waals surface area contributed by atoms with Crippen molar-refractivity contribution in [3.05, 3.63) is 35.4 Å². The van der Waals surface area contributed by atoms with E-state index in [0.29, 0.717) is 17.7 Å². The summed E-state index contributed by atoms with van der Waals surface area (Å²) in [5, 5.41) is 0. The summed E-state index contributed by atoms with van der Waals surface area (Å²) >= 11 is 0. The molecule has 1 aromatic rings. The van der Waals surface area contributed by atoms with Gasteiger partial charge in [0.25, 0.3) is 0 Å². The molecule has 2 rings (SSSR count). The third kappa shape index (κ3) is 4.59. The second-order valence-electron chi connectivity index (χ2n) is 5.32. The number of carbonyl (C=O) groups excluding carboxylic acids is 2. The topological polar surface area (TPSA) is 52.6 Å². The van der Waals surface area contributed by atoms with Crippen molar-refractivity contribution in [3.8, 4) is 0 Å². The molecule has 21 heavy (non-hydrogen) atoms. The number of benzene rings is 1. The number of hydrogen-bond acceptors (Lipinski definition) is 4. The van der Waals surface area contributed by atoms with Gasteiger partial charge in [0, 0.05) is 0 Å². The minimum atomic E-state index is -0.374. The molecular weight excluding hydrogens is 268 g/mol. The van der Waals surface area contributed by atoms with E-state index >= 15 is 0 Å². The van der Waals surface area contributed by atoms with Gasteiger partial charge in [-0.2, -0.15) is 0 Å². The van der Waals surface area contributed by atoms with E-state index < -0.39 is 0 Å². The Hall–Kier alpha value is -1.84. The predicted molar refractivity (Wildman–Crippen MR) is 79.3 cm³/mol. The van der Waals surface area contributed by atoms with Crippen LogP contribution in [0.5, 0.6) is 0 Å². The molecule has 1 aromatic carbocycles. The van der Waals surface area contributed by atoms with Gasteiger partial charge in [-0.05, 0) is 56.9 Å². The molecule has 1 aliphatic rings. The lowest BCUT2D eigenvalue weighted by atomic mass is 10.1. The van der Waals surface area contributed by atoms with Crippen LogP contribution < -0.4 is 0 Å². The van der Waals surface area contributed by atoms with Gasteiger partial charge >= 0.3 is 11.9 Å². The maximum Gasteiger partial charge on any atom is 0.338 e. The maximum atomic E-state index is 12.1. The Bertz CT molecular complexity index is 470. The highest BCUT2D eigenvalue weighted by Gasteiger charge is 2.18. The van der Waals surface area contributed by atoms with Crippen molar-refractivity contribution in [1.82, 2.24) is 0 Å². The molecule has 0 N–H and O–H groups in total. The molecule has 1 fully saturated rings. The molecule has 0 bridgehead atoms. The molecular formula is C17H22O4. The first-order chi connectivity index (χ1) is 10.2. The van der Waals surface area contributed by atoms with Gasteiger partial charge in [-0.25, -0.2) is 9.59 Å². The van der Waals surface area contributed by atoms with Crippen LogP contribution in [0.1, 0.15) is 66.2 Å². The number of esters is 2. The van der Waals surface area contributed by atoms with Crippen molar-refractivity contribution in [1.29, 1.82) is 0 Å². The molecule has 0 aromatic heterocycles. The van der Waals surface area contributed by atoms with E-state index in [2.05, 4.69) is 0 Å². The molecule has 0 radical (unpaired) electrons. The van der Waals surface area contributed by atoms with E-state index in [0.717, 1.165) is 25.7 Å². The summed E-state index contributed by atoms with van der Waals surface area (Å²) in [7, 11) is 0. The van der Waals surface area contributed by atoms with Gasteiger partial charge in [0.15, 0.2) is 0 Å². The highest BCUT2D eigenvalue weighted by atomic mass is 16.5. The Kier molecular flexibility index (Phi) is 5.78. The van der Waals surface area contributed by atoms with Gasteiger partial charge in [0.2, 0.25) is 0 Å². The molecule has 0 unspecified atom stereocenters. The fourth-order valence-electron chi connectivity index (χ4n) is 2.54. The van der Waals surface area contributed by atoms with Gasteiger partial charge in [-0.15, -0.1) is 0 Å². The summed E-state index contributed by atoms with van der Waals surface area (Å²) in [4.78, 5) is 23.6. The van der Waals surface area contributed by atoms with Crippen molar-refractivity contribution in [2.24, 2.45) is 0 Å². The Balaban J connectivity index is 1.94. The molecule has 0 aliphatic heterocycles. The van der Waals surface area contributed by atoms with E-state index in [1.54, 1.807) is 31.2 Å². The molecule has 0 atom stereocenters. The van der Waals surface area contributed by atoms with Gasteiger partial charge in [0.1, 0.15) is 6.10 Å². The quantitative estimate of drug-likeness (QED) is 0.626.